The molecule has 76 heavy (non-hydrogen) atoms. The molecule has 2 aromatic rings. The van der Waals surface area contributed by atoms with Gasteiger partial charge in [-0.25, -0.2) is 0 Å². The van der Waals surface area contributed by atoms with Crippen molar-refractivity contribution in [3.05, 3.63) is 82.5 Å². The van der Waals surface area contributed by atoms with Gasteiger partial charge in [0.05, 0.1) is 23.2 Å². The van der Waals surface area contributed by atoms with Gasteiger partial charge in [0.1, 0.15) is 17.6 Å². The normalized spacial score (nSPS) is 47.8. The molecule has 2 heterocycles. The van der Waals surface area contributed by atoms with Crippen molar-refractivity contribution < 1.29 is 34.8 Å². The van der Waals surface area contributed by atoms with E-state index in [0.717, 1.165) is 112 Å². The molecule has 10 aliphatic carbocycles. The number of ether oxygens (including phenoxy) is 1. The summed E-state index contributed by atoms with van der Waals surface area (Å²) in [5.41, 5.74) is 9.04. The molecule has 0 amide bonds. The molecular weight excluding hydrogens is 947 g/mol. The number of rotatable bonds is 8. The maximum atomic E-state index is 16.3. The second kappa shape index (κ2) is 18.6. The fourth-order valence-electron chi connectivity index (χ4n) is 22.6. The Morgan fingerprint density at radius 1 is 0.895 bits per heavy atom. The van der Waals surface area contributed by atoms with Gasteiger partial charge in [0.15, 0.2) is 5.78 Å². The lowest BCUT2D eigenvalue weighted by Gasteiger charge is -2.74. The van der Waals surface area contributed by atoms with Crippen molar-refractivity contribution in [1.29, 1.82) is 0 Å². The molecule has 10 nitrogen and oxygen atoms in total. The predicted molar refractivity (Wildman–Crippen MR) is 296 cm³/mol. The van der Waals surface area contributed by atoms with E-state index in [-0.39, 0.29) is 71.7 Å². The number of benzene rings is 2. The number of aliphatic hydroxyl groups is 3. The fraction of sp³-hybridized carbons (Fsp3) is 0.727. The van der Waals surface area contributed by atoms with E-state index in [4.69, 9.17) is 10.5 Å². The van der Waals surface area contributed by atoms with E-state index in [1.54, 1.807) is 0 Å². The van der Waals surface area contributed by atoms with Crippen LogP contribution in [0.3, 0.4) is 0 Å². The number of nitrogens with one attached hydrogen (secondary N) is 2. The zero-order valence-electron chi connectivity index (χ0n) is 46.5. The van der Waals surface area contributed by atoms with Crippen molar-refractivity contribution >= 4 is 17.3 Å². The fourth-order valence-corrected chi connectivity index (χ4v) is 22.6. The zero-order valence-corrected chi connectivity index (χ0v) is 46.5. The van der Waals surface area contributed by atoms with Crippen LogP contribution in [-0.2, 0) is 20.9 Å². The quantitative estimate of drug-likeness (QED) is 0.0765. The molecular formula is C66H91N3O7. The van der Waals surface area contributed by atoms with Crippen LogP contribution in [0.1, 0.15) is 178 Å². The predicted octanol–water partition coefficient (Wildman–Crippen LogP) is 10.5. The number of aromatic hydroxyl groups is 1. The van der Waals surface area contributed by atoms with E-state index in [1.165, 1.54) is 24.0 Å². The number of hydrogen-bond acceptors (Lipinski definition) is 10. The Labute approximate surface area is 453 Å². The monoisotopic (exact) mass is 1040 g/mol. The number of anilines is 1. The van der Waals surface area contributed by atoms with E-state index in [0.29, 0.717) is 61.8 Å². The van der Waals surface area contributed by atoms with Crippen LogP contribution >= 0.6 is 0 Å². The zero-order chi connectivity index (χ0) is 52.9. The Morgan fingerprint density at radius 3 is 2.45 bits per heavy atom. The van der Waals surface area contributed by atoms with Gasteiger partial charge in [0.2, 0.25) is 0 Å². The Balaban J connectivity index is 0.963. The summed E-state index contributed by atoms with van der Waals surface area (Å²) >= 11 is 0. The van der Waals surface area contributed by atoms with Crippen molar-refractivity contribution in [2.45, 2.75) is 198 Å². The highest BCUT2D eigenvalue weighted by Gasteiger charge is 2.78. The molecule has 2 aliphatic heterocycles. The highest BCUT2D eigenvalue weighted by atomic mass is 16.6. The number of β-amino-alcohol motifs (C(OH)–C–C–N with tert-alkyl or cyclic N) is 1. The van der Waals surface area contributed by atoms with Crippen LogP contribution in [0, 0.1) is 80.8 Å². The van der Waals surface area contributed by atoms with E-state index in [9.17, 15) is 20.4 Å². The van der Waals surface area contributed by atoms with Gasteiger partial charge in [-0.15, -0.1) is 0 Å². The van der Waals surface area contributed by atoms with Crippen molar-refractivity contribution in [3.63, 3.8) is 0 Å². The maximum Gasteiger partial charge on any atom is 0.160 e. The average Bonchev–Trinajstić information content (AvgIpc) is 3.98. The van der Waals surface area contributed by atoms with Crippen LogP contribution in [0.4, 0.5) is 5.69 Å². The number of aliphatic hydroxyl groups excluding tert-OH is 2. The van der Waals surface area contributed by atoms with Crippen molar-refractivity contribution in [1.82, 2.24) is 10.6 Å². The number of phenols is 1. The first-order valence-electron chi connectivity index (χ1n) is 30.7. The molecule has 6 bridgehead atoms. The number of carbonyl (C=O) groups excluding carboxylic acids is 2. The molecule has 6 saturated carbocycles. The minimum Gasteiger partial charge on any atom is -0.508 e. The number of carbonyl (C=O) groups is 2. The summed E-state index contributed by atoms with van der Waals surface area (Å²) < 4.78 is 6.94. The lowest BCUT2D eigenvalue weighted by atomic mass is 9.29. The molecule has 0 radical (unpaired) electrons. The van der Waals surface area contributed by atoms with Crippen LogP contribution in [0.15, 0.2) is 65.8 Å². The van der Waals surface area contributed by atoms with E-state index < -0.39 is 44.9 Å². The number of phenolic OH excluding ortho intramolecular Hbond substituents is 1. The number of epoxide rings is 1. The van der Waals surface area contributed by atoms with Crippen LogP contribution in [-0.4, -0.2) is 81.6 Å². The largest absolute Gasteiger partial charge is 0.508 e. The summed E-state index contributed by atoms with van der Waals surface area (Å²) in [6, 6.07) is 14.1. The summed E-state index contributed by atoms with van der Waals surface area (Å²) in [5.74, 6) is 1.73. The van der Waals surface area contributed by atoms with Crippen molar-refractivity contribution in [3.8, 4) is 5.75 Å². The minimum atomic E-state index is -0.932. The van der Waals surface area contributed by atoms with Crippen LogP contribution in [0.2, 0.25) is 0 Å². The molecule has 2 saturated heterocycles. The molecule has 10 heteroatoms. The van der Waals surface area contributed by atoms with E-state index >= 15 is 9.59 Å². The van der Waals surface area contributed by atoms with Crippen LogP contribution in [0.5, 0.6) is 5.75 Å². The molecule has 2 spiro atoms. The number of hydrogen-bond donors (Lipinski definition) is 7. The lowest BCUT2D eigenvalue weighted by Crippen LogP contribution is -2.74. The Kier molecular flexibility index (Phi) is 12.7. The van der Waals surface area contributed by atoms with Crippen molar-refractivity contribution in [2.24, 2.45) is 80.8 Å². The topological polar surface area (TPSA) is 178 Å². The van der Waals surface area contributed by atoms with E-state index in [1.807, 2.05) is 32.2 Å². The lowest BCUT2D eigenvalue weighted by molar-refractivity contribution is -0.237. The summed E-state index contributed by atoms with van der Waals surface area (Å²) in [4.78, 5) is 32.4. The number of Topliss-reactive ketones (excluding diaryl/α,β-unsaturated/α-hetero) is 2. The summed E-state index contributed by atoms with van der Waals surface area (Å²) in [5, 5.41) is 56.7. The molecule has 2 aromatic carbocycles. The standard InChI is InChI=1S/C66H91N3O7/c1-61(75)25-6-7-26-65-27-11-18-49(54(59(65)74)41-28-37(34-68-5)29-44(71)31-41)63(3)52-24-23-48-56-51(72)33-62(48,2)66(52,32-50(58(63)65)69-36-61)42(35-70)21-19-38-12-8-13-39-20-22-46(55(56)53(38)39)57(73)60-64(4,76-60)47-17-10-16-45(47)40-14-9-15-43(67)30-40/h9,11,14-15,18,28-31,38-39,42,45-47,49-50,52-55,57-58,60,68-71,73,75H,6-8,10,12-13,16-17,19-27,32-36,67H2,1-5H3/t38-,39+,42+,45-,46-,47+,49-,50-,52+,53-,54+,55-,57+,58+,60+,61+,62-,63-,64+,65-,66+/m0/s1. The smallest absolute Gasteiger partial charge is 0.160 e. The summed E-state index contributed by atoms with van der Waals surface area (Å²) in [6.45, 7) is 10.3. The third-order valence-corrected chi connectivity index (χ3v) is 25.2. The highest BCUT2D eigenvalue weighted by Crippen LogP contribution is 2.80. The van der Waals surface area contributed by atoms with Crippen molar-refractivity contribution in [2.75, 3.05) is 25.9 Å². The van der Waals surface area contributed by atoms with Gasteiger partial charge < -0.3 is 41.5 Å². The minimum absolute atomic E-state index is 0.0436. The second-order valence-electron chi connectivity index (χ2n) is 28.6. The average molecular weight is 1040 g/mol. The molecule has 21 atom stereocenters. The molecule has 12 aliphatic rings. The number of fused-ring (bicyclic) bond motifs is 3. The number of allylic oxidation sites excluding steroid dienone is 4. The molecule has 0 aromatic heterocycles. The molecule has 8 fully saturated rings. The Morgan fingerprint density at radius 2 is 1.67 bits per heavy atom. The third-order valence-electron chi connectivity index (χ3n) is 25.2. The molecule has 412 valence electrons. The van der Waals surface area contributed by atoms with Gasteiger partial charge >= 0.3 is 0 Å². The number of nitrogen functional groups attached to an aromatic ring is 1. The van der Waals surface area contributed by atoms with Gasteiger partial charge in [-0.05, 0) is 220 Å². The van der Waals surface area contributed by atoms with Gasteiger partial charge in [-0.3, -0.25) is 9.59 Å². The number of nitrogens with two attached hydrogens (primary N) is 1. The first kappa shape index (κ1) is 52.0. The maximum absolute atomic E-state index is 16.3. The second-order valence-corrected chi connectivity index (χ2v) is 28.6. The Bertz CT molecular complexity index is 2700. The van der Waals surface area contributed by atoms with Gasteiger partial charge in [0, 0.05) is 48.7 Å². The highest BCUT2D eigenvalue weighted by molar-refractivity contribution is 6.01. The van der Waals surface area contributed by atoms with Gasteiger partial charge in [0.25, 0.3) is 0 Å². The third kappa shape index (κ3) is 7.43. The molecule has 8 N–H and O–H groups in total. The number of ketones is 2. The summed E-state index contributed by atoms with van der Waals surface area (Å²) in [7, 11) is 1.92. The van der Waals surface area contributed by atoms with Crippen LogP contribution in [0.25, 0.3) is 0 Å². The SMILES string of the molecule is CNCc1cc(O)cc([C@H]2C(=O)[C@]34CC=C[C@@H]2[C@@]2(C)[C@H]5CCC6=C7C(=O)C[C@]6(C)[C@]5(C[C@H](NC[C@](C)(O)CCCC3)[C@@H]42)[C@@H](CO)CC[C@@H]2CCC[C@@H]3CC[C@H]([C@@H](O)[C@H]4O[C@]4(C)[C@@H]4CCC[C@H]4c4cccc(N)c4)[C@H]7[C@H]32)c1. The first-order valence-corrected chi connectivity index (χ1v) is 30.7. The summed E-state index contributed by atoms with van der Waals surface area (Å²) in [6.07, 6.45) is 20.9. The van der Waals surface area contributed by atoms with E-state index in [2.05, 4.69) is 67.8 Å². The van der Waals surface area contributed by atoms with Gasteiger partial charge in [-0.2, -0.15) is 0 Å². The van der Waals surface area contributed by atoms with Gasteiger partial charge in [-0.1, -0.05) is 88.3 Å². The molecule has 0 unspecified atom stereocenters. The first-order chi connectivity index (χ1) is 36.4. The molecule has 14 rings (SSSR count). The Hall–Kier alpha value is -3.38. The van der Waals surface area contributed by atoms with Crippen LogP contribution < -0.4 is 16.4 Å².